The molecular weight excluding hydrogens is 284 g/mol. The summed E-state index contributed by atoms with van der Waals surface area (Å²) in [5.74, 6) is 0.692. The Morgan fingerprint density at radius 2 is 1.74 bits per heavy atom. The van der Waals surface area contributed by atoms with E-state index in [0.29, 0.717) is 12.4 Å². The smallest absolute Gasteiger partial charge is 0.126 e. The minimum Gasteiger partial charge on any atom is -0.383 e. The molecule has 2 N–H and O–H groups in total. The number of unbranched alkanes of at least 4 members (excludes halogenated alkanes) is 2. The molecule has 2 aromatic rings. The van der Waals surface area contributed by atoms with Crippen LogP contribution in [0.1, 0.15) is 54.1 Å². The maximum Gasteiger partial charge on any atom is 0.126 e. The number of aryl methyl sites for hydroxylation is 2. The number of nitrogens with zero attached hydrogens (tertiary/aromatic N) is 1. The van der Waals surface area contributed by atoms with Gasteiger partial charge in [0, 0.05) is 12.8 Å². The minimum atomic E-state index is 0.657. The first-order valence-electron chi connectivity index (χ1n) is 8.45. The van der Waals surface area contributed by atoms with Gasteiger partial charge in [0.25, 0.3) is 0 Å². The first-order valence-corrected chi connectivity index (χ1v) is 8.45. The van der Waals surface area contributed by atoms with Gasteiger partial charge in [-0.3, -0.25) is 0 Å². The second-order valence-corrected chi connectivity index (χ2v) is 6.16. The molecule has 1 heterocycles. The Kier molecular flexibility index (Phi) is 6.60. The molecule has 124 valence electrons. The quantitative estimate of drug-likeness (QED) is 0.733. The number of hydrogen-bond acceptors (Lipinski definition) is 3. The van der Waals surface area contributed by atoms with Crippen LogP contribution in [0.25, 0.3) is 0 Å². The number of benzene rings is 1. The normalized spacial score (nSPS) is 10.9. The fourth-order valence-electron chi connectivity index (χ4n) is 2.80. The van der Waals surface area contributed by atoms with Crippen molar-refractivity contribution in [2.45, 2.75) is 52.6 Å². The molecule has 2 rings (SSSR count). The number of nitrogens with two attached hydrogens (primary N) is 1. The Morgan fingerprint density at radius 3 is 2.39 bits per heavy atom. The monoisotopic (exact) mass is 312 g/mol. The lowest BCUT2D eigenvalue weighted by Crippen LogP contribution is -2.04. The van der Waals surface area contributed by atoms with Gasteiger partial charge >= 0.3 is 0 Å². The summed E-state index contributed by atoms with van der Waals surface area (Å²) in [5, 5.41) is 0. The van der Waals surface area contributed by atoms with E-state index in [2.05, 4.69) is 42.2 Å². The highest BCUT2D eigenvalue weighted by molar-refractivity contribution is 5.45. The van der Waals surface area contributed by atoms with Crippen molar-refractivity contribution in [2.75, 3.05) is 12.8 Å². The van der Waals surface area contributed by atoms with E-state index < -0.39 is 0 Å². The molecule has 0 aliphatic carbocycles. The molecule has 0 aliphatic heterocycles. The van der Waals surface area contributed by atoms with Crippen molar-refractivity contribution in [1.82, 2.24) is 4.98 Å². The molecular formula is C20H28N2O. The van der Waals surface area contributed by atoms with Crippen LogP contribution in [0.15, 0.2) is 30.3 Å². The molecule has 23 heavy (non-hydrogen) atoms. The lowest BCUT2D eigenvalue weighted by molar-refractivity contribution is 0.185. The topological polar surface area (TPSA) is 48.1 Å². The first kappa shape index (κ1) is 17.5. The summed E-state index contributed by atoms with van der Waals surface area (Å²) in [7, 11) is 1.72. The van der Waals surface area contributed by atoms with Gasteiger partial charge in [-0.15, -0.1) is 0 Å². The largest absolute Gasteiger partial charge is 0.383 e. The molecule has 0 unspecified atom stereocenters. The molecule has 0 bridgehead atoms. The van der Waals surface area contributed by atoms with E-state index in [1.165, 1.54) is 41.5 Å². The fourth-order valence-corrected chi connectivity index (χ4v) is 2.80. The molecule has 0 saturated heterocycles. The van der Waals surface area contributed by atoms with Crippen molar-refractivity contribution in [2.24, 2.45) is 0 Å². The van der Waals surface area contributed by atoms with Gasteiger partial charge in [0.1, 0.15) is 5.82 Å². The van der Waals surface area contributed by atoms with Gasteiger partial charge in [-0.1, -0.05) is 50.1 Å². The maximum absolute atomic E-state index is 6.09. The van der Waals surface area contributed by atoms with E-state index in [-0.39, 0.29) is 0 Å². The molecule has 3 nitrogen and oxygen atoms in total. The molecule has 0 saturated carbocycles. The zero-order chi connectivity index (χ0) is 16.7. The maximum atomic E-state index is 6.09. The van der Waals surface area contributed by atoms with E-state index in [4.69, 9.17) is 10.5 Å². The second kappa shape index (κ2) is 8.68. The lowest BCUT2D eigenvalue weighted by Gasteiger charge is -2.12. The number of pyridine rings is 1. The van der Waals surface area contributed by atoms with Crippen LogP contribution < -0.4 is 5.73 Å². The van der Waals surface area contributed by atoms with Gasteiger partial charge in [0.15, 0.2) is 0 Å². The van der Waals surface area contributed by atoms with Gasteiger partial charge in [0.05, 0.1) is 6.61 Å². The van der Waals surface area contributed by atoms with Gasteiger partial charge in [-0.25, -0.2) is 4.98 Å². The molecule has 0 radical (unpaired) electrons. The summed E-state index contributed by atoms with van der Waals surface area (Å²) >= 11 is 0. The molecule has 0 amide bonds. The second-order valence-electron chi connectivity index (χ2n) is 6.16. The zero-order valence-corrected chi connectivity index (χ0v) is 14.6. The number of anilines is 1. The van der Waals surface area contributed by atoms with Gasteiger partial charge in [0.2, 0.25) is 0 Å². The van der Waals surface area contributed by atoms with E-state index in [1.807, 2.05) is 6.92 Å². The standard InChI is InChI=1S/C20H28N2O/c1-4-5-6-7-18-13-19(15(2)22-20(18)21)12-16-8-10-17(11-9-16)14-23-3/h8-11,13H,4-7,12,14H2,1-3H3,(H2,21,22). The number of nitrogen functional groups attached to an aromatic ring is 1. The van der Waals surface area contributed by atoms with Gasteiger partial charge < -0.3 is 10.5 Å². The van der Waals surface area contributed by atoms with Crippen molar-refractivity contribution in [3.63, 3.8) is 0 Å². The van der Waals surface area contributed by atoms with E-state index >= 15 is 0 Å². The molecule has 0 atom stereocenters. The number of ether oxygens (including phenoxy) is 1. The SMILES string of the molecule is CCCCCc1cc(Cc2ccc(COC)cc2)c(C)nc1N. The van der Waals surface area contributed by atoms with Crippen LogP contribution >= 0.6 is 0 Å². The van der Waals surface area contributed by atoms with Crippen molar-refractivity contribution >= 4 is 5.82 Å². The molecule has 0 spiro atoms. The number of hydrogen-bond donors (Lipinski definition) is 1. The van der Waals surface area contributed by atoms with Crippen LogP contribution in [0, 0.1) is 6.92 Å². The third-order valence-corrected chi connectivity index (χ3v) is 4.21. The summed E-state index contributed by atoms with van der Waals surface area (Å²) in [6.45, 7) is 4.92. The van der Waals surface area contributed by atoms with Crippen LogP contribution in [0.4, 0.5) is 5.82 Å². The van der Waals surface area contributed by atoms with E-state index in [0.717, 1.165) is 18.5 Å². The Morgan fingerprint density at radius 1 is 1.04 bits per heavy atom. The number of rotatable bonds is 8. The third kappa shape index (κ3) is 5.07. The fraction of sp³-hybridized carbons (Fsp3) is 0.450. The van der Waals surface area contributed by atoms with E-state index in [1.54, 1.807) is 7.11 Å². The van der Waals surface area contributed by atoms with Gasteiger partial charge in [-0.2, -0.15) is 0 Å². The highest BCUT2D eigenvalue weighted by Crippen LogP contribution is 2.20. The average Bonchev–Trinajstić information content (AvgIpc) is 2.54. The summed E-state index contributed by atoms with van der Waals surface area (Å²) in [4.78, 5) is 4.55. The summed E-state index contributed by atoms with van der Waals surface area (Å²) < 4.78 is 5.16. The van der Waals surface area contributed by atoms with Crippen molar-refractivity contribution in [3.8, 4) is 0 Å². The van der Waals surface area contributed by atoms with Crippen LogP contribution in [0.2, 0.25) is 0 Å². The van der Waals surface area contributed by atoms with Crippen LogP contribution in [-0.4, -0.2) is 12.1 Å². The highest BCUT2D eigenvalue weighted by Gasteiger charge is 2.08. The first-order chi connectivity index (χ1) is 11.1. The minimum absolute atomic E-state index is 0.657. The highest BCUT2D eigenvalue weighted by atomic mass is 16.5. The summed E-state index contributed by atoms with van der Waals surface area (Å²) in [6, 6.07) is 10.8. The van der Waals surface area contributed by atoms with Crippen LogP contribution in [-0.2, 0) is 24.2 Å². The Bertz CT molecular complexity index is 620. The van der Waals surface area contributed by atoms with Crippen molar-refractivity contribution in [1.29, 1.82) is 0 Å². The molecule has 1 aromatic carbocycles. The van der Waals surface area contributed by atoms with Crippen LogP contribution in [0.3, 0.4) is 0 Å². The summed E-state index contributed by atoms with van der Waals surface area (Å²) in [5.41, 5.74) is 12.1. The van der Waals surface area contributed by atoms with Crippen molar-refractivity contribution < 1.29 is 4.74 Å². The third-order valence-electron chi connectivity index (χ3n) is 4.21. The van der Waals surface area contributed by atoms with E-state index in [9.17, 15) is 0 Å². The Hall–Kier alpha value is -1.87. The Balaban J connectivity index is 2.13. The van der Waals surface area contributed by atoms with Crippen LogP contribution in [0.5, 0.6) is 0 Å². The lowest BCUT2D eigenvalue weighted by atomic mass is 9.99. The summed E-state index contributed by atoms with van der Waals surface area (Å²) in [6.07, 6.45) is 5.56. The number of methoxy groups -OCH3 is 1. The molecule has 0 aliphatic rings. The Labute approximate surface area is 139 Å². The molecule has 1 aromatic heterocycles. The predicted molar refractivity (Wildman–Crippen MR) is 96.6 cm³/mol. The van der Waals surface area contributed by atoms with Crippen molar-refractivity contribution in [3.05, 3.63) is 58.3 Å². The number of aromatic nitrogens is 1. The molecule has 0 fully saturated rings. The zero-order valence-electron chi connectivity index (χ0n) is 14.6. The average molecular weight is 312 g/mol. The predicted octanol–water partition coefficient (Wildman–Crippen LogP) is 4.44. The van der Waals surface area contributed by atoms with Gasteiger partial charge in [-0.05, 0) is 48.4 Å². The molecule has 3 heteroatoms.